The SMILES string of the molecule is COCCN(c1ncc(CO)cn1)C(C)COC. The van der Waals surface area contributed by atoms with Gasteiger partial charge in [0, 0.05) is 38.7 Å². The molecule has 0 saturated carbocycles. The fourth-order valence-electron chi connectivity index (χ4n) is 1.62. The Morgan fingerprint density at radius 2 is 1.94 bits per heavy atom. The lowest BCUT2D eigenvalue weighted by Crippen LogP contribution is -2.39. The summed E-state index contributed by atoms with van der Waals surface area (Å²) in [5.41, 5.74) is 0.699. The van der Waals surface area contributed by atoms with Crippen molar-refractivity contribution in [3.8, 4) is 0 Å². The van der Waals surface area contributed by atoms with Gasteiger partial charge in [-0.25, -0.2) is 9.97 Å². The van der Waals surface area contributed by atoms with Crippen molar-refractivity contribution in [2.24, 2.45) is 0 Å². The van der Waals surface area contributed by atoms with Crippen LogP contribution >= 0.6 is 0 Å². The molecular weight excluding hydrogens is 234 g/mol. The van der Waals surface area contributed by atoms with E-state index in [4.69, 9.17) is 14.6 Å². The van der Waals surface area contributed by atoms with Crippen LogP contribution in [-0.2, 0) is 16.1 Å². The van der Waals surface area contributed by atoms with Gasteiger partial charge < -0.3 is 19.5 Å². The normalized spacial score (nSPS) is 12.4. The summed E-state index contributed by atoms with van der Waals surface area (Å²) in [5, 5.41) is 8.97. The fraction of sp³-hybridized carbons (Fsp3) is 0.667. The quantitative estimate of drug-likeness (QED) is 0.727. The number of methoxy groups -OCH3 is 2. The second kappa shape index (κ2) is 7.97. The zero-order valence-corrected chi connectivity index (χ0v) is 11.2. The number of nitrogens with zero attached hydrogens (tertiary/aromatic N) is 3. The summed E-state index contributed by atoms with van der Waals surface area (Å²) in [5.74, 6) is 0.619. The van der Waals surface area contributed by atoms with Crippen LogP contribution in [0.1, 0.15) is 12.5 Å². The van der Waals surface area contributed by atoms with Crippen molar-refractivity contribution in [1.29, 1.82) is 0 Å². The first-order valence-electron chi connectivity index (χ1n) is 5.89. The predicted molar refractivity (Wildman–Crippen MR) is 68.5 cm³/mol. The number of anilines is 1. The lowest BCUT2D eigenvalue weighted by Gasteiger charge is -2.28. The van der Waals surface area contributed by atoms with Gasteiger partial charge in [0.2, 0.25) is 5.95 Å². The lowest BCUT2D eigenvalue weighted by molar-refractivity contribution is 0.170. The highest BCUT2D eigenvalue weighted by Crippen LogP contribution is 2.11. The van der Waals surface area contributed by atoms with Crippen LogP contribution in [0.3, 0.4) is 0 Å². The van der Waals surface area contributed by atoms with E-state index in [0.717, 1.165) is 0 Å². The van der Waals surface area contributed by atoms with Crippen LogP contribution in [0.2, 0.25) is 0 Å². The van der Waals surface area contributed by atoms with Gasteiger partial charge in [-0.1, -0.05) is 0 Å². The Kier molecular flexibility index (Phi) is 6.56. The van der Waals surface area contributed by atoms with Gasteiger partial charge >= 0.3 is 0 Å². The second-order valence-electron chi connectivity index (χ2n) is 4.04. The summed E-state index contributed by atoms with van der Waals surface area (Å²) in [4.78, 5) is 10.5. The Balaban J connectivity index is 2.79. The third kappa shape index (κ3) is 4.21. The van der Waals surface area contributed by atoms with Crippen LogP contribution in [-0.4, -0.2) is 55.1 Å². The maximum Gasteiger partial charge on any atom is 0.225 e. The van der Waals surface area contributed by atoms with E-state index in [1.165, 1.54) is 0 Å². The Bertz CT molecular complexity index is 332. The predicted octanol–water partition coefficient (Wildman–Crippen LogP) is 0.457. The summed E-state index contributed by atoms with van der Waals surface area (Å²) >= 11 is 0. The van der Waals surface area contributed by atoms with Crippen molar-refractivity contribution < 1.29 is 14.6 Å². The standard InChI is InChI=1S/C12H21N3O3/c1-10(9-18-3)15(4-5-17-2)12-13-6-11(8-16)7-14-12/h6-7,10,16H,4-5,8-9H2,1-3H3. The Morgan fingerprint density at radius 3 is 2.44 bits per heavy atom. The molecule has 0 spiro atoms. The molecule has 6 nitrogen and oxygen atoms in total. The largest absolute Gasteiger partial charge is 0.392 e. The van der Waals surface area contributed by atoms with E-state index in [9.17, 15) is 0 Å². The highest BCUT2D eigenvalue weighted by Gasteiger charge is 2.16. The summed E-state index contributed by atoms with van der Waals surface area (Å²) in [7, 11) is 3.33. The maximum absolute atomic E-state index is 8.97. The summed E-state index contributed by atoms with van der Waals surface area (Å²) in [6, 6.07) is 0.158. The molecule has 1 aromatic heterocycles. The summed E-state index contributed by atoms with van der Waals surface area (Å²) < 4.78 is 10.2. The average Bonchev–Trinajstić information content (AvgIpc) is 2.40. The van der Waals surface area contributed by atoms with Gasteiger partial charge in [-0.15, -0.1) is 0 Å². The van der Waals surface area contributed by atoms with E-state index in [-0.39, 0.29) is 12.6 Å². The molecule has 1 aromatic rings. The van der Waals surface area contributed by atoms with Gasteiger partial charge in [0.05, 0.1) is 25.9 Å². The van der Waals surface area contributed by atoms with Gasteiger partial charge in [-0.3, -0.25) is 0 Å². The molecule has 0 aromatic carbocycles. The topological polar surface area (TPSA) is 67.7 Å². The van der Waals surface area contributed by atoms with Crippen molar-refractivity contribution in [3.05, 3.63) is 18.0 Å². The highest BCUT2D eigenvalue weighted by atomic mass is 16.5. The van der Waals surface area contributed by atoms with Crippen molar-refractivity contribution in [3.63, 3.8) is 0 Å². The highest BCUT2D eigenvalue weighted by molar-refractivity contribution is 5.31. The summed E-state index contributed by atoms with van der Waals surface area (Å²) in [6.45, 7) is 3.88. The molecule has 0 saturated heterocycles. The number of aliphatic hydroxyl groups is 1. The molecule has 1 atom stereocenters. The van der Waals surface area contributed by atoms with E-state index in [1.54, 1.807) is 26.6 Å². The van der Waals surface area contributed by atoms with E-state index < -0.39 is 0 Å². The zero-order valence-electron chi connectivity index (χ0n) is 11.2. The summed E-state index contributed by atoms with van der Waals surface area (Å²) in [6.07, 6.45) is 3.25. The van der Waals surface area contributed by atoms with Crippen LogP contribution in [0.15, 0.2) is 12.4 Å². The lowest BCUT2D eigenvalue weighted by atomic mass is 10.3. The average molecular weight is 255 g/mol. The Hall–Kier alpha value is -1.24. The van der Waals surface area contributed by atoms with Crippen LogP contribution in [0.4, 0.5) is 5.95 Å². The minimum atomic E-state index is -0.0496. The second-order valence-corrected chi connectivity index (χ2v) is 4.04. The number of aromatic nitrogens is 2. The molecule has 0 amide bonds. The first-order chi connectivity index (χ1) is 8.72. The van der Waals surface area contributed by atoms with Gasteiger partial charge in [0.1, 0.15) is 0 Å². The number of hydrogen-bond acceptors (Lipinski definition) is 6. The van der Waals surface area contributed by atoms with Crippen molar-refractivity contribution in [2.75, 3.05) is 38.9 Å². The number of rotatable bonds is 8. The molecule has 18 heavy (non-hydrogen) atoms. The first kappa shape index (κ1) is 14.8. The molecule has 0 aliphatic carbocycles. The van der Waals surface area contributed by atoms with Gasteiger partial charge in [0.15, 0.2) is 0 Å². The molecule has 0 fully saturated rings. The van der Waals surface area contributed by atoms with Crippen molar-refractivity contribution >= 4 is 5.95 Å². The molecule has 0 aliphatic rings. The molecule has 0 aliphatic heterocycles. The Morgan fingerprint density at radius 1 is 1.28 bits per heavy atom. The molecule has 102 valence electrons. The van der Waals surface area contributed by atoms with Crippen LogP contribution in [0.5, 0.6) is 0 Å². The van der Waals surface area contributed by atoms with Crippen molar-refractivity contribution in [2.45, 2.75) is 19.6 Å². The monoisotopic (exact) mass is 255 g/mol. The zero-order chi connectivity index (χ0) is 13.4. The van der Waals surface area contributed by atoms with Crippen LogP contribution in [0.25, 0.3) is 0 Å². The molecule has 1 N–H and O–H groups in total. The molecule has 6 heteroatoms. The molecule has 1 rings (SSSR count). The van der Waals surface area contributed by atoms with Crippen LogP contribution in [0, 0.1) is 0 Å². The Labute approximate surface area is 108 Å². The maximum atomic E-state index is 8.97. The minimum Gasteiger partial charge on any atom is -0.392 e. The molecule has 0 radical (unpaired) electrons. The number of aliphatic hydroxyl groups excluding tert-OH is 1. The molecule has 0 bridgehead atoms. The van der Waals surface area contributed by atoms with Gasteiger partial charge in [0.25, 0.3) is 0 Å². The van der Waals surface area contributed by atoms with Crippen LogP contribution < -0.4 is 4.90 Å². The van der Waals surface area contributed by atoms with E-state index >= 15 is 0 Å². The molecule has 1 unspecified atom stereocenters. The molecule has 1 heterocycles. The van der Waals surface area contributed by atoms with E-state index in [2.05, 4.69) is 9.97 Å². The third-order valence-electron chi connectivity index (χ3n) is 2.61. The first-order valence-corrected chi connectivity index (χ1v) is 5.89. The number of hydrogen-bond donors (Lipinski definition) is 1. The van der Waals surface area contributed by atoms with E-state index in [1.807, 2.05) is 11.8 Å². The van der Waals surface area contributed by atoms with E-state index in [0.29, 0.717) is 31.3 Å². The van der Waals surface area contributed by atoms with Crippen molar-refractivity contribution in [1.82, 2.24) is 9.97 Å². The smallest absolute Gasteiger partial charge is 0.225 e. The van der Waals surface area contributed by atoms with Gasteiger partial charge in [-0.2, -0.15) is 0 Å². The molecular formula is C12H21N3O3. The fourth-order valence-corrected chi connectivity index (χ4v) is 1.62. The minimum absolute atomic E-state index is 0.0496. The third-order valence-corrected chi connectivity index (χ3v) is 2.61. The van der Waals surface area contributed by atoms with Gasteiger partial charge in [-0.05, 0) is 6.92 Å². The number of ether oxygens (including phenoxy) is 2.